The van der Waals surface area contributed by atoms with Crippen LogP contribution in [0, 0.1) is 5.92 Å². The van der Waals surface area contributed by atoms with Crippen LogP contribution >= 0.6 is 0 Å². The molecule has 0 spiro atoms. The second-order valence-electron chi connectivity index (χ2n) is 5.50. The van der Waals surface area contributed by atoms with Crippen LogP contribution in [0.1, 0.15) is 39.0 Å². The number of hydrogen-bond acceptors (Lipinski definition) is 3. The van der Waals surface area contributed by atoms with Gasteiger partial charge in [-0.05, 0) is 43.9 Å². The molecule has 0 aromatic heterocycles. The van der Waals surface area contributed by atoms with Crippen LogP contribution < -0.4 is 15.4 Å². The molecule has 1 atom stereocenters. The molecule has 0 fully saturated rings. The zero-order chi connectivity index (χ0) is 14.8. The molecular weight excluding hydrogens is 248 g/mol. The Labute approximate surface area is 124 Å². The molecule has 0 amide bonds. The topological polar surface area (TPSA) is 38.5 Å². The molecule has 20 heavy (non-hydrogen) atoms. The number of hydrogen-bond donors (Lipinski definition) is 1. The van der Waals surface area contributed by atoms with E-state index in [-0.39, 0.29) is 0 Å². The first-order valence-corrected chi connectivity index (χ1v) is 7.76. The molecular formula is C17H30N2O. The van der Waals surface area contributed by atoms with E-state index in [4.69, 9.17) is 10.5 Å². The van der Waals surface area contributed by atoms with Crippen molar-refractivity contribution in [3.8, 4) is 5.75 Å². The van der Waals surface area contributed by atoms with E-state index < -0.39 is 0 Å². The molecule has 1 unspecified atom stereocenters. The van der Waals surface area contributed by atoms with Gasteiger partial charge in [0.1, 0.15) is 5.75 Å². The molecule has 0 saturated carbocycles. The van der Waals surface area contributed by atoms with E-state index in [0.717, 1.165) is 31.2 Å². The number of benzene rings is 1. The van der Waals surface area contributed by atoms with Crippen molar-refractivity contribution in [1.29, 1.82) is 0 Å². The van der Waals surface area contributed by atoms with Crippen molar-refractivity contribution in [2.75, 3.05) is 32.1 Å². The highest BCUT2D eigenvalue weighted by atomic mass is 16.5. The monoisotopic (exact) mass is 278 g/mol. The zero-order valence-electron chi connectivity index (χ0n) is 13.3. The first-order chi connectivity index (χ1) is 9.71. The summed E-state index contributed by atoms with van der Waals surface area (Å²) in [6.07, 6.45) is 6.23. The van der Waals surface area contributed by atoms with E-state index in [9.17, 15) is 0 Å². The van der Waals surface area contributed by atoms with Crippen LogP contribution in [0.15, 0.2) is 24.3 Å². The van der Waals surface area contributed by atoms with Crippen molar-refractivity contribution in [3.63, 3.8) is 0 Å². The third kappa shape index (κ3) is 5.83. The molecule has 1 rings (SSSR count). The fourth-order valence-electron chi connectivity index (χ4n) is 2.67. The van der Waals surface area contributed by atoms with Crippen LogP contribution in [-0.4, -0.2) is 27.2 Å². The first kappa shape index (κ1) is 16.8. The van der Waals surface area contributed by atoms with Gasteiger partial charge in [-0.25, -0.2) is 0 Å². The summed E-state index contributed by atoms with van der Waals surface area (Å²) >= 11 is 0. The maximum Gasteiger partial charge on any atom is 0.120 e. The maximum absolute atomic E-state index is 5.69. The van der Waals surface area contributed by atoms with Crippen molar-refractivity contribution in [1.82, 2.24) is 0 Å². The molecule has 0 bridgehead atoms. The molecule has 0 heterocycles. The van der Waals surface area contributed by atoms with Crippen molar-refractivity contribution in [2.45, 2.75) is 39.0 Å². The lowest BCUT2D eigenvalue weighted by Gasteiger charge is -2.21. The van der Waals surface area contributed by atoms with Crippen LogP contribution in [-0.2, 0) is 0 Å². The van der Waals surface area contributed by atoms with Crippen molar-refractivity contribution >= 4 is 5.69 Å². The van der Waals surface area contributed by atoms with Gasteiger partial charge in [-0.3, -0.25) is 0 Å². The summed E-state index contributed by atoms with van der Waals surface area (Å²) in [7, 11) is 3.85. The summed E-state index contributed by atoms with van der Waals surface area (Å²) in [5.74, 6) is 1.71. The molecule has 0 aliphatic rings. The zero-order valence-corrected chi connectivity index (χ0v) is 13.3. The normalized spacial score (nSPS) is 12.2. The van der Waals surface area contributed by atoms with Gasteiger partial charge in [0.2, 0.25) is 0 Å². The lowest BCUT2D eigenvalue weighted by atomic mass is 9.94. The van der Waals surface area contributed by atoms with Gasteiger partial charge in [-0.2, -0.15) is 0 Å². The number of nitrogens with zero attached hydrogens (tertiary/aromatic N) is 1. The number of rotatable bonds is 10. The molecule has 114 valence electrons. The second kappa shape index (κ2) is 9.65. The standard InChI is InChI=1S/C17H30N2O/c1-4-7-15(11-12-18)8-6-13-19(2)16-9-5-10-17(14-16)20-3/h5,9-10,14-15H,4,6-8,11-13,18H2,1-3H3. The molecule has 0 radical (unpaired) electrons. The van der Waals surface area contributed by atoms with E-state index in [2.05, 4.69) is 31.0 Å². The summed E-state index contributed by atoms with van der Waals surface area (Å²) < 4.78 is 5.27. The third-order valence-electron chi connectivity index (χ3n) is 3.87. The number of methoxy groups -OCH3 is 1. The van der Waals surface area contributed by atoms with Gasteiger partial charge >= 0.3 is 0 Å². The van der Waals surface area contributed by atoms with Crippen LogP contribution in [0.5, 0.6) is 5.75 Å². The van der Waals surface area contributed by atoms with E-state index in [0.29, 0.717) is 0 Å². The predicted octanol–water partition coefficient (Wildman–Crippen LogP) is 3.68. The van der Waals surface area contributed by atoms with Crippen LogP contribution in [0.3, 0.4) is 0 Å². The van der Waals surface area contributed by atoms with E-state index in [1.807, 2.05) is 12.1 Å². The Morgan fingerprint density at radius 2 is 2.05 bits per heavy atom. The second-order valence-corrected chi connectivity index (χ2v) is 5.50. The third-order valence-corrected chi connectivity index (χ3v) is 3.87. The number of nitrogens with two attached hydrogens (primary N) is 1. The highest BCUT2D eigenvalue weighted by Gasteiger charge is 2.08. The highest BCUT2D eigenvalue weighted by molar-refractivity contribution is 5.49. The Morgan fingerprint density at radius 3 is 2.70 bits per heavy atom. The number of ether oxygens (including phenoxy) is 1. The lowest BCUT2D eigenvalue weighted by molar-refractivity contribution is 0.409. The minimum Gasteiger partial charge on any atom is -0.497 e. The average Bonchev–Trinajstić information content (AvgIpc) is 2.47. The fourth-order valence-corrected chi connectivity index (χ4v) is 2.67. The quantitative estimate of drug-likeness (QED) is 0.709. The summed E-state index contributed by atoms with van der Waals surface area (Å²) in [6.45, 7) is 4.15. The lowest BCUT2D eigenvalue weighted by Crippen LogP contribution is -2.19. The summed E-state index contributed by atoms with van der Waals surface area (Å²) in [5.41, 5.74) is 6.91. The Bertz CT molecular complexity index is 362. The van der Waals surface area contributed by atoms with Gasteiger partial charge in [0.05, 0.1) is 7.11 Å². The van der Waals surface area contributed by atoms with Crippen molar-refractivity contribution in [2.24, 2.45) is 11.7 Å². The molecule has 0 aliphatic carbocycles. The van der Waals surface area contributed by atoms with E-state index >= 15 is 0 Å². The van der Waals surface area contributed by atoms with Crippen molar-refractivity contribution < 1.29 is 4.74 Å². The maximum atomic E-state index is 5.69. The van der Waals surface area contributed by atoms with Crippen molar-refractivity contribution in [3.05, 3.63) is 24.3 Å². The van der Waals surface area contributed by atoms with Crippen LogP contribution in [0.4, 0.5) is 5.69 Å². The van der Waals surface area contributed by atoms with Gasteiger partial charge in [-0.1, -0.05) is 25.8 Å². The Kier molecular flexibility index (Phi) is 8.12. The van der Waals surface area contributed by atoms with Gasteiger partial charge in [-0.15, -0.1) is 0 Å². The molecule has 3 nitrogen and oxygen atoms in total. The fraction of sp³-hybridized carbons (Fsp3) is 0.647. The largest absolute Gasteiger partial charge is 0.497 e. The van der Waals surface area contributed by atoms with Crippen LogP contribution in [0.2, 0.25) is 0 Å². The first-order valence-electron chi connectivity index (χ1n) is 7.76. The Balaban J connectivity index is 2.39. The molecule has 0 aliphatic heterocycles. The van der Waals surface area contributed by atoms with Gasteiger partial charge in [0.15, 0.2) is 0 Å². The highest BCUT2D eigenvalue weighted by Crippen LogP contribution is 2.21. The number of anilines is 1. The molecule has 0 saturated heterocycles. The minimum atomic E-state index is 0.795. The van der Waals surface area contributed by atoms with Gasteiger partial charge in [0.25, 0.3) is 0 Å². The summed E-state index contributed by atoms with van der Waals surface area (Å²) in [4.78, 5) is 2.30. The smallest absolute Gasteiger partial charge is 0.120 e. The SMILES string of the molecule is CCCC(CCN)CCCN(C)c1cccc(OC)c1. The Morgan fingerprint density at radius 1 is 1.25 bits per heavy atom. The minimum absolute atomic E-state index is 0.795. The summed E-state index contributed by atoms with van der Waals surface area (Å²) in [5, 5.41) is 0. The molecule has 1 aromatic carbocycles. The van der Waals surface area contributed by atoms with Gasteiger partial charge < -0.3 is 15.4 Å². The van der Waals surface area contributed by atoms with Crippen LogP contribution in [0.25, 0.3) is 0 Å². The molecule has 3 heteroatoms. The Hall–Kier alpha value is -1.22. The molecule has 1 aromatic rings. The van der Waals surface area contributed by atoms with E-state index in [1.54, 1.807) is 7.11 Å². The summed E-state index contributed by atoms with van der Waals surface area (Å²) in [6, 6.07) is 8.24. The van der Waals surface area contributed by atoms with E-state index in [1.165, 1.54) is 31.4 Å². The predicted molar refractivity (Wildman–Crippen MR) is 87.6 cm³/mol. The molecule has 2 N–H and O–H groups in total. The van der Waals surface area contributed by atoms with Gasteiger partial charge in [0, 0.05) is 25.3 Å². The average molecular weight is 278 g/mol.